The highest BCUT2D eigenvalue weighted by atomic mass is 16.3. The summed E-state index contributed by atoms with van der Waals surface area (Å²) in [5, 5.41) is 51.1. The third-order valence-corrected chi connectivity index (χ3v) is 8.23. The Bertz CT molecular complexity index is 1460. The normalized spacial score (nSPS) is 25.1. The van der Waals surface area contributed by atoms with E-state index in [0.29, 0.717) is 11.3 Å². The van der Waals surface area contributed by atoms with Gasteiger partial charge in [0.2, 0.25) is 11.7 Å². The first-order chi connectivity index (χ1) is 19.3. The molecule has 0 aromatic heterocycles. The predicted octanol–water partition coefficient (Wildman–Crippen LogP) is -0.311. The number of hydrogen-bond acceptors (Lipinski definition) is 11. The number of hydrogen-bond donors (Lipinski definition) is 7. The molecule has 0 unspecified atom stereocenters. The van der Waals surface area contributed by atoms with Crippen molar-refractivity contribution in [2.24, 2.45) is 17.6 Å². The molecule has 0 fully saturated rings. The van der Waals surface area contributed by atoms with E-state index in [4.69, 9.17) is 5.73 Å². The molecule has 4 rings (SSSR count). The lowest BCUT2D eigenvalue weighted by molar-refractivity contribution is -0.148. The van der Waals surface area contributed by atoms with Gasteiger partial charge in [-0.2, -0.15) is 0 Å². The van der Waals surface area contributed by atoms with Crippen molar-refractivity contribution in [3.8, 4) is 5.75 Å². The number of allylic oxidation sites excluding steroid dienone is 1. The van der Waals surface area contributed by atoms with Gasteiger partial charge in [0, 0.05) is 36.8 Å². The number of nitrogens with one attached hydrogen (secondary N) is 2. The van der Waals surface area contributed by atoms with Crippen molar-refractivity contribution in [1.29, 1.82) is 0 Å². The topological polar surface area (TPSA) is 237 Å². The fraction of sp³-hybridized carbons (Fsp3) is 0.517. The molecule has 14 heteroatoms. The molecule has 0 heterocycles. The SMILES string of the molecule is CN(C)c1cc(NC(=O)CNC(C)(C)C)c(O)c2c1C[C@H]1C[C@H]3[C@H](N(C)C)C(O)=C(C(N)=O)C(=O)[C@@]3(O)C(O)=C1C2=O.O. The Morgan fingerprint density at radius 3 is 2.23 bits per heavy atom. The van der Waals surface area contributed by atoms with Crippen molar-refractivity contribution in [1.82, 2.24) is 10.2 Å². The highest BCUT2D eigenvalue weighted by Crippen LogP contribution is 2.53. The van der Waals surface area contributed by atoms with Gasteiger partial charge in [0.05, 0.1) is 23.8 Å². The van der Waals surface area contributed by atoms with E-state index in [1.54, 1.807) is 39.2 Å². The number of phenolic OH excluding ortho intramolecular Hbond substituents is 1. The smallest absolute Gasteiger partial charge is 0.255 e. The van der Waals surface area contributed by atoms with Crippen LogP contribution in [0.2, 0.25) is 0 Å². The van der Waals surface area contributed by atoms with E-state index >= 15 is 0 Å². The van der Waals surface area contributed by atoms with Crippen LogP contribution in [0.1, 0.15) is 43.1 Å². The summed E-state index contributed by atoms with van der Waals surface area (Å²) >= 11 is 0. The lowest BCUT2D eigenvalue weighted by Crippen LogP contribution is -2.63. The number of anilines is 2. The molecule has 3 aliphatic rings. The first kappa shape index (κ1) is 33.5. The first-order valence-electron chi connectivity index (χ1n) is 13.6. The van der Waals surface area contributed by atoms with Crippen molar-refractivity contribution in [3.05, 3.63) is 39.9 Å². The number of Topliss-reactive ketones (excluding diaryl/α,β-unsaturated/α-hetero) is 2. The van der Waals surface area contributed by atoms with Crippen molar-refractivity contribution >= 4 is 34.8 Å². The number of ketones is 2. The van der Waals surface area contributed by atoms with Gasteiger partial charge in [0.15, 0.2) is 17.1 Å². The largest absolute Gasteiger partial charge is 0.510 e. The predicted molar refractivity (Wildman–Crippen MR) is 158 cm³/mol. The Morgan fingerprint density at radius 2 is 1.72 bits per heavy atom. The van der Waals surface area contributed by atoms with E-state index in [1.807, 2.05) is 20.8 Å². The molecule has 0 saturated carbocycles. The van der Waals surface area contributed by atoms with E-state index in [-0.39, 0.29) is 47.2 Å². The Morgan fingerprint density at radius 1 is 1.12 bits per heavy atom. The molecule has 1 aromatic carbocycles. The number of aliphatic hydroxyl groups excluding tert-OH is 2. The van der Waals surface area contributed by atoms with Crippen LogP contribution >= 0.6 is 0 Å². The molecule has 0 bridgehead atoms. The van der Waals surface area contributed by atoms with Crippen molar-refractivity contribution in [3.63, 3.8) is 0 Å². The Labute approximate surface area is 249 Å². The Balaban J connectivity index is 0.00000506. The van der Waals surface area contributed by atoms with Crippen LogP contribution in [0.4, 0.5) is 11.4 Å². The lowest BCUT2D eigenvalue weighted by Gasteiger charge is -2.50. The average Bonchev–Trinajstić information content (AvgIpc) is 2.85. The number of benzene rings is 1. The van der Waals surface area contributed by atoms with Gasteiger partial charge in [0.25, 0.3) is 5.91 Å². The van der Waals surface area contributed by atoms with Gasteiger partial charge >= 0.3 is 0 Å². The maximum absolute atomic E-state index is 14.1. The minimum atomic E-state index is -2.73. The summed E-state index contributed by atoms with van der Waals surface area (Å²) in [4.78, 5) is 55.6. The number of likely N-dealkylation sites (N-methyl/N-ethyl adjacent to an activating group) is 1. The van der Waals surface area contributed by atoms with Crippen molar-refractivity contribution < 1.29 is 45.1 Å². The standard InChI is InChI=1S/C29H39N5O8.H2O/c1-28(2,3)31-11-17(35)32-15-10-16(33(4)5)13-8-12-9-14-21(34(6)7)24(38)20(27(30)41)26(40)29(14,42)25(39)18(12)23(37)19(13)22(15)36;/h10,12,14,21,31,36,38-39,42H,8-9,11H2,1-7H3,(H2,30,41)(H,32,35);1H2/t12-,14-,21-,29-;/m0./s1. The summed E-state index contributed by atoms with van der Waals surface area (Å²) in [6.45, 7) is 5.60. The number of nitrogens with two attached hydrogens (primary N) is 1. The second kappa shape index (κ2) is 11.3. The van der Waals surface area contributed by atoms with Crippen molar-refractivity contribution in [2.45, 2.75) is 50.8 Å². The fourth-order valence-electron chi connectivity index (χ4n) is 6.33. The van der Waals surface area contributed by atoms with Crippen LogP contribution in [0.3, 0.4) is 0 Å². The maximum Gasteiger partial charge on any atom is 0.255 e. The van der Waals surface area contributed by atoms with Gasteiger partial charge in [-0.1, -0.05) is 0 Å². The van der Waals surface area contributed by atoms with Crippen LogP contribution < -0.4 is 21.3 Å². The van der Waals surface area contributed by atoms with Crippen LogP contribution in [-0.4, -0.2) is 106 Å². The number of aromatic hydroxyl groups is 1. The molecular formula is C29H41N5O9. The molecule has 2 amide bonds. The van der Waals surface area contributed by atoms with Crippen molar-refractivity contribution in [2.75, 3.05) is 45.0 Å². The second-order valence-corrected chi connectivity index (χ2v) is 12.7. The number of amides is 2. The Hall–Kier alpha value is -3.98. The summed E-state index contributed by atoms with van der Waals surface area (Å²) in [7, 11) is 6.62. The van der Waals surface area contributed by atoms with E-state index < -0.39 is 69.7 Å². The highest BCUT2D eigenvalue weighted by molar-refractivity contribution is 6.25. The van der Waals surface area contributed by atoms with Gasteiger partial charge in [-0.05, 0) is 65.3 Å². The number of carbonyl (C=O) groups is 4. The first-order valence-corrected chi connectivity index (χ1v) is 13.6. The molecule has 0 spiro atoms. The van der Waals surface area contributed by atoms with Gasteiger partial charge in [-0.3, -0.25) is 24.1 Å². The maximum atomic E-state index is 14.1. The average molecular weight is 604 g/mol. The third-order valence-electron chi connectivity index (χ3n) is 8.23. The van der Waals surface area contributed by atoms with Crippen LogP contribution in [0.5, 0.6) is 5.75 Å². The van der Waals surface area contributed by atoms with E-state index in [2.05, 4.69) is 10.6 Å². The molecule has 1 aromatic rings. The summed E-state index contributed by atoms with van der Waals surface area (Å²) in [6.07, 6.45) is 0.117. The monoisotopic (exact) mass is 603 g/mol. The zero-order valence-electron chi connectivity index (χ0n) is 25.3. The number of phenols is 1. The summed E-state index contributed by atoms with van der Waals surface area (Å²) in [5.41, 5.74) is 1.96. The summed E-state index contributed by atoms with van der Waals surface area (Å²) in [6, 6.07) is 0.487. The fourth-order valence-corrected chi connectivity index (χ4v) is 6.33. The van der Waals surface area contributed by atoms with Crippen LogP contribution in [0.25, 0.3) is 0 Å². The van der Waals surface area contributed by atoms with Gasteiger partial charge in [0.1, 0.15) is 17.1 Å². The molecular weight excluding hydrogens is 562 g/mol. The molecule has 4 atom stereocenters. The molecule has 14 nitrogen and oxygen atoms in total. The quantitative estimate of drug-likeness (QED) is 0.164. The molecule has 236 valence electrons. The highest BCUT2D eigenvalue weighted by Gasteiger charge is 2.63. The number of rotatable bonds is 6. The Kier molecular flexibility index (Phi) is 8.78. The van der Waals surface area contributed by atoms with Gasteiger partial charge in [-0.25, -0.2) is 0 Å². The molecule has 0 radical (unpaired) electrons. The molecule has 10 N–H and O–H groups in total. The molecule has 3 aliphatic carbocycles. The van der Waals surface area contributed by atoms with Crippen LogP contribution in [0, 0.1) is 11.8 Å². The van der Waals surface area contributed by atoms with Crippen LogP contribution in [-0.2, 0) is 20.8 Å². The van der Waals surface area contributed by atoms with E-state index in [1.165, 1.54) is 4.90 Å². The summed E-state index contributed by atoms with van der Waals surface area (Å²) in [5.74, 6) is -7.79. The minimum absolute atomic E-state index is 0. The number of primary amides is 1. The zero-order chi connectivity index (χ0) is 31.6. The van der Waals surface area contributed by atoms with Crippen LogP contribution in [0.15, 0.2) is 28.7 Å². The molecule has 0 saturated heterocycles. The third kappa shape index (κ3) is 5.35. The second-order valence-electron chi connectivity index (χ2n) is 12.7. The number of carbonyl (C=O) groups excluding carboxylic acids is 4. The minimum Gasteiger partial charge on any atom is -0.510 e. The molecule has 43 heavy (non-hydrogen) atoms. The zero-order valence-corrected chi connectivity index (χ0v) is 25.3. The van der Waals surface area contributed by atoms with E-state index in [0.717, 1.165) is 0 Å². The van der Waals surface area contributed by atoms with E-state index in [9.17, 15) is 39.6 Å². The lowest BCUT2D eigenvalue weighted by atomic mass is 9.58. The molecule has 0 aliphatic heterocycles. The number of fused-ring (bicyclic) bond motifs is 3. The van der Waals surface area contributed by atoms with Gasteiger partial charge in [-0.15, -0.1) is 0 Å². The van der Waals surface area contributed by atoms with Gasteiger partial charge < -0.3 is 47.2 Å². The number of aliphatic hydroxyl groups is 3. The number of nitrogens with zero attached hydrogens (tertiary/aromatic N) is 2. The summed E-state index contributed by atoms with van der Waals surface area (Å²) < 4.78 is 0.